The summed E-state index contributed by atoms with van der Waals surface area (Å²) in [4.78, 5) is 28.1. The number of ketones is 1. The predicted molar refractivity (Wildman–Crippen MR) is 85.3 cm³/mol. The molecule has 3 rings (SSSR count). The number of thiazole rings is 1. The average molecular weight is 330 g/mol. The van der Waals surface area contributed by atoms with Gasteiger partial charge in [0.15, 0.2) is 10.9 Å². The van der Waals surface area contributed by atoms with Crippen LogP contribution >= 0.6 is 23.7 Å². The Labute approximate surface area is 134 Å². The van der Waals surface area contributed by atoms with Crippen LogP contribution in [0.1, 0.15) is 48.7 Å². The van der Waals surface area contributed by atoms with Crippen molar-refractivity contribution in [3.05, 3.63) is 11.1 Å². The maximum atomic E-state index is 12.2. The van der Waals surface area contributed by atoms with Crippen LogP contribution in [0.2, 0.25) is 0 Å². The number of nitrogens with one attached hydrogen (secondary N) is 2. The highest BCUT2D eigenvalue weighted by atomic mass is 35.5. The molecule has 0 aromatic carbocycles. The summed E-state index contributed by atoms with van der Waals surface area (Å²) in [5.74, 6) is 0.598. The van der Waals surface area contributed by atoms with E-state index in [1.165, 1.54) is 50.1 Å². The number of carbonyl (C=O) groups excluding carboxylic acids is 2. The first-order valence-corrected chi connectivity index (χ1v) is 7.99. The number of fused-ring (bicyclic) bond motifs is 1. The zero-order valence-corrected chi connectivity index (χ0v) is 13.6. The Morgan fingerprint density at radius 2 is 2.14 bits per heavy atom. The molecular weight excluding hydrogens is 310 g/mol. The van der Waals surface area contributed by atoms with E-state index in [2.05, 4.69) is 15.6 Å². The highest BCUT2D eigenvalue weighted by Crippen LogP contribution is 2.33. The molecular formula is C14H20ClN3O2S. The molecule has 5 nitrogen and oxygen atoms in total. The lowest BCUT2D eigenvalue weighted by molar-refractivity contribution is -0.117. The van der Waals surface area contributed by atoms with Crippen LogP contribution < -0.4 is 10.6 Å². The standard InChI is InChI=1S/C14H19N3O2S.ClH/c1-8(18)12-7-15-14(20-12)17-13(19)11-6-9-4-2-3-5-10(9)16-11;/h7,9-11,16H,2-6H2,1H3,(H,15,17,19);1H. The van der Waals surface area contributed by atoms with Gasteiger partial charge in [-0.2, -0.15) is 0 Å². The average Bonchev–Trinajstić information content (AvgIpc) is 3.04. The van der Waals surface area contributed by atoms with Crippen molar-refractivity contribution in [2.75, 3.05) is 5.32 Å². The van der Waals surface area contributed by atoms with E-state index < -0.39 is 0 Å². The maximum Gasteiger partial charge on any atom is 0.243 e. The molecule has 1 aliphatic heterocycles. The van der Waals surface area contributed by atoms with Crippen molar-refractivity contribution < 1.29 is 9.59 Å². The molecule has 0 radical (unpaired) electrons. The van der Waals surface area contributed by atoms with E-state index in [4.69, 9.17) is 0 Å². The van der Waals surface area contributed by atoms with Crippen LogP contribution in [0.15, 0.2) is 6.20 Å². The number of nitrogens with zero attached hydrogens (tertiary/aromatic N) is 1. The van der Waals surface area contributed by atoms with Crippen LogP contribution in [0.3, 0.4) is 0 Å². The number of aromatic nitrogens is 1. The lowest BCUT2D eigenvalue weighted by Crippen LogP contribution is -2.39. The molecule has 21 heavy (non-hydrogen) atoms. The van der Waals surface area contributed by atoms with E-state index in [0.29, 0.717) is 22.0 Å². The van der Waals surface area contributed by atoms with Gasteiger partial charge in [0.1, 0.15) is 0 Å². The van der Waals surface area contributed by atoms with E-state index in [0.717, 1.165) is 6.42 Å². The van der Waals surface area contributed by atoms with Crippen molar-refractivity contribution in [3.63, 3.8) is 0 Å². The largest absolute Gasteiger partial charge is 0.303 e. The van der Waals surface area contributed by atoms with Gasteiger partial charge in [0.2, 0.25) is 5.91 Å². The first kappa shape index (κ1) is 16.4. The maximum absolute atomic E-state index is 12.2. The fourth-order valence-electron chi connectivity index (χ4n) is 3.21. The van der Waals surface area contributed by atoms with Crippen molar-refractivity contribution in [3.8, 4) is 0 Å². The number of anilines is 1. The first-order chi connectivity index (χ1) is 9.63. The van der Waals surface area contributed by atoms with Gasteiger partial charge in [0, 0.05) is 13.0 Å². The van der Waals surface area contributed by atoms with Crippen molar-refractivity contribution in [2.24, 2.45) is 5.92 Å². The Hall–Kier alpha value is -0.980. The van der Waals surface area contributed by atoms with Gasteiger partial charge in [-0.05, 0) is 25.2 Å². The predicted octanol–water partition coefficient (Wildman–Crippen LogP) is 2.63. The van der Waals surface area contributed by atoms with Gasteiger partial charge < -0.3 is 10.6 Å². The SMILES string of the molecule is CC(=O)c1cnc(NC(=O)C2CC3CCCCC3N2)s1.Cl. The number of rotatable bonds is 3. The molecule has 1 aromatic heterocycles. The molecule has 0 bridgehead atoms. The Morgan fingerprint density at radius 3 is 2.81 bits per heavy atom. The molecule has 2 aliphatic rings. The molecule has 3 unspecified atom stereocenters. The van der Waals surface area contributed by atoms with E-state index in [9.17, 15) is 9.59 Å². The van der Waals surface area contributed by atoms with E-state index >= 15 is 0 Å². The van der Waals surface area contributed by atoms with Crippen LogP contribution in [0.4, 0.5) is 5.13 Å². The summed E-state index contributed by atoms with van der Waals surface area (Å²) < 4.78 is 0. The Kier molecular flexibility index (Phi) is 5.35. The minimum Gasteiger partial charge on any atom is -0.303 e. The lowest BCUT2D eigenvalue weighted by Gasteiger charge is -2.24. The molecule has 3 atom stereocenters. The van der Waals surface area contributed by atoms with Crippen molar-refractivity contribution in [1.82, 2.24) is 10.3 Å². The molecule has 1 amide bonds. The second kappa shape index (κ2) is 6.85. The van der Waals surface area contributed by atoms with Gasteiger partial charge >= 0.3 is 0 Å². The molecule has 2 fully saturated rings. The fraction of sp³-hybridized carbons (Fsp3) is 0.643. The third-order valence-corrected chi connectivity index (χ3v) is 5.28. The van der Waals surface area contributed by atoms with Gasteiger partial charge in [-0.25, -0.2) is 4.98 Å². The highest BCUT2D eigenvalue weighted by molar-refractivity contribution is 7.17. The summed E-state index contributed by atoms with van der Waals surface area (Å²) in [6.45, 7) is 1.50. The number of hydrogen-bond acceptors (Lipinski definition) is 5. The summed E-state index contributed by atoms with van der Waals surface area (Å²) in [6.07, 6.45) is 7.39. The Bertz CT molecular complexity index is 520. The molecule has 1 saturated heterocycles. The van der Waals surface area contributed by atoms with Crippen molar-refractivity contribution in [1.29, 1.82) is 0 Å². The summed E-state index contributed by atoms with van der Waals surface area (Å²) in [5.41, 5.74) is 0. The summed E-state index contributed by atoms with van der Waals surface area (Å²) in [5, 5.41) is 6.77. The van der Waals surface area contributed by atoms with Crippen LogP contribution in [0.25, 0.3) is 0 Å². The molecule has 1 aromatic rings. The molecule has 7 heteroatoms. The van der Waals surface area contributed by atoms with Gasteiger partial charge in [0.25, 0.3) is 0 Å². The fourth-order valence-corrected chi connectivity index (χ4v) is 3.92. The summed E-state index contributed by atoms with van der Waals surface area (Å²) >= 11 is 1.23. The van der Waals surface area contributed by atoms with E-state index in [1.807, 2.05) is 0 Å². The van der Waals surface area contributed by atoms with Crippen LogP contribution in [-0.4, -0.2) is 28.8 Å². The van der Waals surface area contributed by atoms with Gasteiger partial charge in [0.05, 0.1) is 17.1 Å². The van der Waals surface area contributed by atoms with E-state index in [-0.39, 0.29) is 30.1 Å². The summed E-state index contributed by atoms with van der Waals surface area (Å²) in [7, 11) is 0. The third kappa shape index (κ3) is 3.62. The lowest BCUT2D eigenvalue weighted by atomic mass is 9.85. The van der Waals surface area contributed by atoms with Crippen LogP contribution in [-0.2, 0) is 4.79 Å². The molecule has 116 valence electrons. The molecule has 2 N–H and O–H groups in total. The van der Waals surface area contributed by atoms with Gasteiger partial charge in [-0.15, -0.1) is 12.4 Å². The number of halogens is 1. The number of Topliss-reactive ketones (excluding diaryl/α,β-unsaturated/α-hetero) is 1. The first-order valence-electron chi connectivity index (χ1n) is 7.17. The second-order valence-electron chi connectivity index (χ2n) is 5.68. The number of hydrogen-bond donors (Lipinski definition) is 2. The van der Waals surface area contributed by atoms with Gasteiger partial charge in [-0.1, -0.05) is 24.2 Å². The summed E-state index contributed by atoms with van der Waals surface area (Å²) in [6, 6.07) is 0.386. The van der Waals surface area contributed by atoms with E-state index in [1.54, 1.807) is 0 Å². The monoisotopic (exact) mass is 329 g/mol. The Morgan fingerprint density at radius 1 is 1.38 bits per heavy atom. The van der Waals surface area contributed by atoms with Gasteiger partial charge in [-0.3, -0.25) is 9.59 Å². The minimum absolute atomic E-state index is 0. The van der Waals surface area contributed by atoms with Crippen LogP contribution in [0.5, 0.6) is 0 Å². The molecule has 0 spiro atoms. The molecule has 1 saturated carbocycles. The quantitative estimate of drug-likeness (QED) is 0.836. The topological polar surface area (TPSA) is 71.1 Å². The zero-order valence-electron chi connectivity index (χ0n) is 11.9. The third-order valence-electron chi connectivity index (χ3n) is 4.26. The highest BCUT2D eigenvalue weighted by Gasteiger charge is 2.38. The smallest absolute Gasteiger partial charge is 0.243 e. The Balaban J connectivity index is 0.00000161. The van der Waals surface area contributed by atoms with Crippen molar-refractivity contribution >= 4 is 40.6 Å². The van der Waals surface area contributed by atoms with Crippen LogP contribution in [0, 0.1) is 5.92 Å². The number of amides is 1. The number of carbonyl (C=O) groups is 2. The minimum atomic E-state index is -0.118. The zero-order chi connectivity index (χ0) is 14.1. The van der Waals surface area contributed by atoms with Crippen molar-refractivity contribution in [2.45, 2.75) is 51.1 Å². The molecule has 2 heterocycles. The normalized spacial score (nSPS) is 27.6. The second-order valence-corrected chi connectivity index (χ2v) is 6.71. The molecule has 1 aliphatic carbocycles.